The predicted octanol–water partition coefficient (Wildman–Crippen LogP) is 4.69. The summed E-state index contributed by atoms with van der Waals surface area (Å²) in [5.74, 6) is -0.144. The summed E-state index contributed by atoms with van der Waals surface area (Å²) in [6.45, 7) is 3.59. The number of methoxy groups -OCH3 is 1. The zero-order valence-electron chi connectivity index (χ0n) is 18.2. The normalized spacial score (nSPS) is 15.4. The Morgan fingerprint density at radius 1 is 1.06 bits per heavy atom. The summed E-state index contributed by atoms with van der Waals surface area (Å²) in [4.78, 5) is 28.2. The highest BCUT2D eigenvalue weighted by Crippen LogP contribution is 2.38. The number of nitrogens with zero attached hydrogens (tertiary/aromatic N) is 1. The third-order valence-corrected chi connectivity index (χ3v) is 5.64. The molecule has 1 unspecified atom stereocenters. The highest BCUT2D eigenvalue weighted by Gasteiger charge is 2.42. The molecule has 168 valence electrons. The Morgan fingerprint density at radius 2 is 1.84 bits per heavy atom. The molecule has 0 N–H and O–H groups in total. The smallest absolute Gasteiger partial charge is 0.290 e. The van der Waals surface area contributed by atoms with Crippen molar-refractivity contribution in [1.82, 2.24) is 4.90 Å². The molecule has 0 bridgehead atoms. The average molecular weight is 439 g/mol. The summed E-state index contributed by atoms with van der Waals surface area (Å²) in [6, 6.07) is 10.5. The molecule has 1 amide bonds. The Morgan fingerprint density at radius 3 is 2.56 bits per heavy atom. The van der Waals surface area contributed by atoms with E-state index in [1.807, 2.05) is 24.3 Å². The van der Waals surface area contributed by atoms with Gasteiger partial charge in [-0.25, -0.2) is 4.39 Å². The fourth-order valence-electron chi connectivity index (χ4n) is 4.03. The molecule has 7 heteroatoms. The molecule has 0 spiro atoms. The van der Waals surface area contributed by atoms with Gasteiger partial charge in [0.1, 0.15) is 17.1 Å². The Bertz CT molecular complexity index is 1170. The quantitative estimate of drug-likeness (QED) is 0.453. The van der Waals surface area contributed by atoms with E-state index < -0.39 is 17.3 Å². The van der Waals surface area contributed by atoms with Crippen LogP contribution < -0.4 is 10.2 Å². The van der Waals surface area contributed by atoms with Gasteiger partial charge in [0.25, 0.3) is 5.91 Å². The van der Waals surface area contributed by atoms with Crippen molar-refractivity contribution in [2.24, 2.45) is 0 Å². The molecule has 0 fully saturated rings. The molecule has 1 aromatic heterocycles. The van der Waals surface area contributed by atoms with Crippen LogP contribution in [0.25, 0.3) is 11.0 Å². The Hall–Kier alpha value is -3.19. The lowest BCUT2D eigenvalue weighted by Crippen LogP contribution is -2.31. The van der Waals surface area contributed by atoms with Crippen molar-refractivity contribution in [1.29, 1.82) is 0 Å². The summed E-state index contributed by atoms with van der Waals surface area (Å²) in [5, 5.41) is 0.125. The zero-order valence-corrected chi connectivity index (χ0v) is 18.2. The van der Waals surface area contributed by atoms with Gasteiger partial charge in [0.15, 0.2) is 5.43 Å². The topological polar surface area (TPSA) is 69.0 Å². The maximum absolute atomic E-state index is 13.8. The molecular formula is C25H26FNO5. The maximum Gasteiger partial charge on any atom is 0.290 e. The minimum absolute atomic E-state index is 0.0137. The molecule has 2 aromatic carbocycles. The van der Waals surface area contributed by atoms with Crippen LogP contribution >= 0.6 is 0 Å². The molecule has 1 aliphatic rings. The van der Waals surface area contributed by atoms with Crippen LogP contribution in [-0.2, 0) is 4.74 Å². The number of fused-ring (bicyclic) bond motifs is 2. The summed E-state index contributed by atoms with van der Waals surface area (Å²) in [6.07, 6.45) is 2.61. The van der Waals surface area contributed by atoms with Crippen LogP contribution in [0.5, 0.6) is 5.75 Å². The van der Waals surface area contributed by atoms with Crippen LogP contribution in [0.3, 0.4) is 0 Å². The van der Waals surface area contributed by atoms with Crippen LogP contribution in [0.4, 0.5) is 4.39 Å². The lowest BCUT2D eigenvalue weighted by molar-refractivity contribution is 0.0708. The van der Waals surface area contributed by atoms with Gasteiger partial charge in [0, 0.05) is 20.3 Å². The summed E-state index contributed by atoms with van der Waals surface area (Å²) >= 11 is 0. The first-order valence-electron chi connectivity index (χ1n) is 10.8. The van der Waals surface area contributed by atoms with E-state index in [1.54, 1.807) is 12.0 Å². The van der Waals surface area contributed by atoms with E-state index in [2.05, 4.69) is 6.92 Å². The molecule has 0 saturated heterocycles. The first-order valence-corrected chi connectivity index (χ1v) is 10.8. The molecule has 6 nitrogen and oxygen atoms in total. The minimum Gasteiger partial charge on any atom is -0.494 e. The van der Waals surface area contributed by atoms with Crippen molar-refractivity contribution >= 4 is 16.9 Å². The molecule has 0 radical (unpaired) electrons. The second-order valence-electron chi connectivity index (χ2n) is 7.83. The van der Waals surface area contributed by atoms with E-state index >= 15 is 0 Å². The van der Waals surface area contributed by atoms with Gasteiger partial charge in [-0.2, -0.15) is 0 Å². The molecule has 0 aliphatic carbocycles. The highest BCUT2D eigenvalue weighted by atomic mass is 19.1. The first-order chi connectivity index (χ1) is 15.5. The van der Waals surface area contributed by atoms with E-state index in [9.17, 15) is 14.0 Å². The number of carbonyl (C=O) groups excluding carboxylic acids is 1. The molecule has 1 atom stereocenters. The van der Waals surface area contributed by atoms with Crippen LogP contribution in [0, 0.1) is 5.82 Å². The summed E-state index contributed by atoms with van der Waals surface area (Å²) in [7, 11) is 1.60. The van der Waals surface area contributed by atoms with Gasteiger partial charge in [0.2, 0.25) is 5.76 Å². The van der Waals surface area contributed by atoms with Crippen molar-refractivity contribution in [3.05, 3.63) is 75.4 Å². The number of ether oxygens (including phenoxy) is 2. The molecule has 2 heterocycles. The third-order valence-electron chi connectivity index (χ3n) is 5.64. The van der Waals surface area contributed by atoms with Crippen LogP contribution in [-0.4, -0.2) is 37.7 Å². The molecule has 1 aliphatic heterocycles. The number of halogens is 1. The number of benzene rings is 2. The van der Waals surface area contributed by atoms with Gasteiger partial charge in [-0.3, -0.25) is 9.59 Å². The second-order valence-corrected chi connectivity index (χ2v) is 7.83. The van der Waals surface area contributed by atoms with Crippen molar-refractivity contribution in [2.75, 3.05) is 26.9 Å². The molecule has 32 heavy (non-hydrogen) atoms. The predicted molar refractivity (Wildman–Crippen MR) is 119 cm³/mol. The molecular weight excluding hydrogens is 413 g/mol. The number of carbonyl (C=O) groups is 1. The standard InChI is InChI=1S/C25H26FNO5/c1-3-4-14-31-18-9-6-16(7-10-18)22-21-23(28)19-15-17(26)8-11-20(19)32-24(21)25(29)27(22)12-5-13-30-2/h6-11,15,22H,3-5,12-14H2,1-2H3. The van der Waals surface area contributed by atoms with Crippen LogP contribution in [0.1, 0.15) is 53.9 Å². The monoisotopic (exact) mass is 439 g/mol. The van der Waals surface area contributed by atoms with E-state index in [4.69, 9.17) is 13.9 Å². The van der Waals surface area contributed by atoms with Crippen molar-refractivity contribution < 1.29 is 23.1 Å². The number of rotatable bonds is 9. The Labute approximate surface area is 185 Å². The third kappa shape index (κ3) is 4.12. The fraction of sp³-hybridized carbons (Fsp3) is 0.360. The largest absolute Gasteiger partial charge is 0.494 e. The van der Waals surface area contributed by atoms with Gasteiger partial charge in [-0.1, -0.05) is 25.5 Å². The number of hydrogen-bond acceptors (Lipinski definition) is 5. The van der Waals surface area contributed by atoms with Gasteiger partial charge in [-0.05, 0) is 48.7 Å². The van der Waals surface area contributed by atoms with Crippen molar-refractivity contribution in [3.63, 3.8) is 0 Å². The van der Waals surface area contributed by atoms with E-state index in [-0.39, 0.29) is 28.2 Å². The van der Waals surface area contributed by atoms with Gasteiger partial charge in [-0.15, -0.1) is 0 Å². The van der Waals surface area contributed by atoms with Crippen molar-refractivity contribution in [3.8, 4) is 5.75 Å². The summed E-state index contributed by atoms with van der Waals surface area (Å²) in [5.41, 5.74) is 0.808. The van der Waals surface area contributed by atoms with Gasteiger partial charge >= 0.3 is 0 Å². The highest BCUT2D eigenvalue weighted by molar-refractivity contribution is 5.99. The molecule has 4 rings (SSSR count). The molecule has 3 aromatic rings. The number of hydrogen-bond donors (Lipinski definition) is 0. The van der Waals surface area contributed by atoms with Gasteiger partial charge in [0.05, 0.1) is 23.6 Å². The van der Waals surface area contributed by atoms with E-state index in [0.29, 0.717) is 26.2 Å². The Balaban J connectivity index is 1.78. The lowest BCUT2D eigenvalue weighted by atomic mass is 9.98. The maximum atomic E-state index is 13.8. The number of amides is 1. The summed E-state index contributed by atoms with van der Waals surface area (Å²) < 4.78 is 30.5. The first kappa shape index (κ1) is 22.0. The van der Waals surface area contributed by atoms with Crippen molar-refractivity contribution in [2.45, 2.75) is 32.2 Å². The second kappa shape index (κ2) is 9.53. The van der Waals surface area contributed by atoms with E-state index in [1.165, 1.54) is 12.1 Å². The van der Waals surface area contributed by atoms with Crippen LogP contribution in [0.15, 0.2) is 51.7 Å². The molecule has 0 saturated carbocycles. The van der Waals surface area contributed by atoms with E-state index in [0.717, 1.165) is 30.2 Å². The number of unbranched alkanes of at least 4 members (excludes halogenated alkanes) is 1. The fourth-order valence-corrected chi connectivity index (χ4v) is 4.03. The SMILES string of the molecule is CCCCOc1ccc(C2c3c(oc4ccc(F)cc4c3=O)C(=O)N2CCCOC)cc1. The minimum atomic E-state index is -0.622. The Kier molecular flexibility index (Phi) is 6.55. The van der Waals surface area contributed by atoms with Gasteiger partial charge < -0.3 is 18.8 Å². The average Bonchev–Trinajstić information content (AvgIpc) is 3.07. The van der Waals surface area contributed by atoms with Crippen LogP contribution in [0.2, 0.25) is 0 Å². The zero-order chi connectivity index (χ0) is 22.7. The lowest BCUT2D eigenvalue weighted by Gasteiger charge is -2.25.